The number of fused-ring (bicyclic) bond motifs is 1. The summed E-state index contributed by atoms with van der Waals surface area (Å²) in [6.07, 6.45) is 3.67. The summed E-state index contributed by atoms with van der Waals surface area (Å²) < 4.78 is 15.5. The molecule has 114 valence electrons. The standard InChI is InChI=1S/C20H12FN3/c21-18-7-6-16(10-17(18)12-22)19-13-23-20-11-15(8-9-24(19)20)14-4-2-1-3-5-14/h1-11,13H. The first-order valence-electron chi connectivity index (χ1n) is 7.49. The minimum Gasteiger partial charge on any atom is -0.300 e. The molecule has 24 heavy (non-hydrogen) atoms. The molecule has 0 fully saturated rings. The fourth-order valence-electron chi connectivity index (χ4n) is 2.77. The van der Waals surface area contributed by atoms with Crippen molar-refractivity contribution in [3.63, 3.8) is 0 Å². The molecule has 4 rings (SSSR count). The van der Waals surface area contributed by atoms with Gasteiger partial charge in [-0.15, -0.1) is 0 Å². The Kier molecular flexibility index (Phi) is 3.33. The third-order valence-electron chi connectivity index (χ3n) is 4.00. The normalized spacial score (nSPS) is 10.7. The van der Waals surface area contributed by atoms with Gasteiger partial charge in [-0.05, 0) is 41.5 Å². The Bertz CT molecular complexity index is 1080. The Morgan fingerprint density at radius 2 is 1.75 bits per heavy atom. The number of hydrogen-bond donors (Lipinski definition) is 0. The van der Waals surface area contributed by atoms with Gasteiger partial charge in [0.1, 0.15) is 17.5 Å². The number of rotatable bonds is 2. The Balaban J connectivity index is 1.83. The van der Waals surface area contributed by atoms with Crippen LogP contribution in [0.4, 0.5) is 4.39 Å². The van der Waals surface area contributed by atoms with Crippen LogP contribution in [0.3, 0.4) is 0 Å². The molecule has 2 aromatic carbocycles. The van der Waals surface area contributed by atoms with Crippen LogP contribution in [0.1, 0.15) is 5.56 Å². The predicted octanol–water partition coefficient (Wildman–Crippen LogP) is 4.68. The molecule has 0 unspecified atom stereocenters. The highest BCUT2D eigenvalue weighted by atomic mass is 19.1. The van der Waals surface area contributed by atoms with Gasteiger partial charge in [-0.25, -0.2) is 9.37 Å². The lowest BCUT2D eigenvalue weighted by atomic mass is 10.1. The fraction of sp³-hybridized carbons (Fsp3) is 0. The van der Waals surface area contributed by atoms with Crippen LogP contribution in [0, 0.1) is 17.1 Å². The van der Waals surface area contributed by atoms with E-state index in [1.165, 1.54) is 6.07 Å². The Morgan fingerprint density at radius 1 is 0.917 bits per heavy atom. The molecular weight excluding hydrogens is 301 g/mol. The third-order valence-corrected chi connectivity index (χ3v) is 4.00. The highest BCUT2D eigenvalue weighted by Gasteiger charge is 2.10. The maximum absolute atomic E-state index is 13.5. The lowest BCUT2D eigenvalue weighted by Gasteiger charge is -2.05. The molecule has 3 nitrogen and oxygen atoms in total. The summed E-state index contributed by atoms with van der Waals surface area (Å²) in [5.74, 6) is -0.513. The molecule has 0 bridgehead atoms. The van der Waals surface area contributed by atoms with Crippen molar-refractivity contribution >= 4 is 5.65 Å². The number of aromatic nitrogens is 2. The molecule has 0 amide bonds. The molecule has 0 atom stereocenters. The van der Waals surface area contributed by atoms with E-state index in [9.17, 15) is 4.39 Å². The fourth-order valence-corrected chi connectivity index (χ4v) is 2.77. The van der Waals surface area contributed by atoms with Crippen molar-refractivity contribution < 1.29 is 4.39 Å². The highest BCUT2D eigenvalue weighted by molar-refractivity contribution is 5.71. The van der Waals surface area contributed by atoms with E-state index in [0.717, 1.165) is 28.0 Å². The van der Waals surface area contributed by atoms with Crippen molar-refractivity contribution in [1.29, 1.82) is 5.26 Å². The van der Waals surface area contributed by atoms with Gasteiger partial charge in [0.2, 0.25) is 0 Å². The number of halogens is 1. The second-order valence-electron chi connectivity index (χ2n) is 5.46. The van der Waals surface area contributed by atoms with Crippen LogP contribution in [0.2, 0.25) is 0 Å². The minimum atomic E-state index is -0.513. The number of imidazole rings is 1. The molecule has 0 N–H and O–H groups in total. The molecule has 0 saturated carbocycles. The number of hydrogen-bond acceptors (Lipinski definition) is 2. The van der Waals surface area contributed by atoms with Gasteiger partial charge in [-0.1, -0.05) is 30.3 Å². The van der Waals surface area contributed by atoms with Crippen molar-refractivity contribution in [3.05, 3.63) is 84.4 Å². The summed E-state index contributed by atoms with van der Waals surface area (Å²) in [5, 5.41) is 9.00. The first-order valence-corrected chi connectivity index (χ1v) is 7.49. The zero-order chi connectivity index (χ0) is 16.5. The molecule has 2 aromatic heterocycles. The van der Waals surface area contributed by atoms with E-state index in [4.69, 9.17) is 5.26 Å². The molecule has 0 aliphatic carbocycles. The van der Waals surface area contributed by atoms with Gasteiger partial charge >= 0.3 is 0 Å². The van der Waals surface area contributed by atoms with Crippen LogP contribution < -0.4 is 0 Å². The number of pyridine rings is 1. The van der Waals surface area contributed by atoms with Crippen molar-refractivity contribution in [3.8, 4) is 28.5 Å². The second-order valence-corrected chi connectivity index (χ2v) is 5.46. The Hall–Kier alpha value is -3.45. The van der Waals surface area contributed by atoms with Crippen LogP contribution in [-0.2, 0) is 0 Å². The molecule has 0 spiro atoms. The van der Waals surface area contributed by atoms with Crippen LogP contribution in [0.25, 0.3) is 28.0 Å². The van der Waals surface area contributed by atoms with Gasteiger partial charge in [0.25, 0.3) is 0 Å². The summed E-state index contributed by atoms with van der Waals surface area (Å²) in [4.78, 5) is 4.45. The maximum atomic E-state index is 13.5. The van der Waals surface area contributed by atoms with Crippen molar-refractivity contribution in [1.82, 2.24) is 9.38 Å². The summed E-state index contributed by atoms with van der Waals surface area (Å²) >= 11 is 0. The van der Waals surface area contributed by atoms with Gasteiger partial charge in [0, 0.05) is 11.8 Å². The quantitative estimate of drug-likeness (QED) is 0.539. The Morgan fingerprint density at radius 3 is 2.54 bits per heavy atom. The second kappa shape index (κ2) is 5.64. The number of benzene rings is 2. The number of nitriles is 1. The van der Waals surface area contributed by atoms with Crippen molar-refractivity contribution in [2.75, 3.05) is 0 Å². The molecular formula is C20H12FN3. The van der Waals surface area contributed by atoms with E-state index < -0.39 is 5.82 Å². The largest absolute Gasteiger partial charge is 0.300 e. The predicted molar refractivity (Wildman–Crippen MR) is 90.7 cm³/mol. The SMILES string of the molecule is N#Cc1cc(-c2cnc3cc(-c4ccccc4)ccn23)ccc1F. The zero-order valence-corrected chi connectivity index (χ0v) is 12.6. The summed E-state index contributed by atoms with van der Waals surface area (Å²) in [5.41, 5.74) is 4.61. The van der Waals surface area contributed by atoms with E-state index in [0.29, 0.717) is 0 Å². The molecule has 2 heterocycles. The van der Waals surface area contributed by atoms with E-state index in [1.807, 2.05) is 47.0 Å². The first kappa shape index (κ1) is 14.2. The topological polar surface area (TPSA) is 41.1 Å². The molecule has 4 aromatic rings. The molecule has 0 aliphatic rings. The van der Waals surface area contributed by atoms with Crippen molar-refractivity contribution in [2.45, 2.75) is 0 Å². The zero-order valence-electron chi connectivity index (χ0n) is 12.6. The monoisotopic (exact) mass is 313 g/mol. The highest BCUT2D eigenvalue weighted by Crippen LogP contribution is 2.26. The third kappa shape index (κ3) is 2.33. The minimum absolute atomic E-state index is 0.0309. The van der Waals surface area contributed by atoms with E-state index in [2.05, 4.69) is 17.1 Å². The smallest absolute Gasteiger partial charge is 0.140 e. The van der Waals surface area contributed by atoms with Gasteiger partial charge in [-0.2, -0.15) is 5.26 Å². The van der Waals surface area contributed by atoms with E-state index in [1.54, 1.807) is 18.3 Å². The molecule has 0 saturated heterocycles. The summed E-state index contributed by atoms with van der Waals surface area (Å²) in [6, 6.07) is 20.5. The average Bonchev–Trinajstić information content (AvgIpc) is 3.06. The van der Waals surface area contributed by atoms with Gasteiger partial charge in [0.15, 0.2) is 0 Å². The first-order chi connectivity index (χ1) is 11.8. The van der Waals surface area contributed by atoms with E-state index >= 15 is 0 Å². The van der Waals surface area contributed by atoms with Crippen LogP contribution in [0.15, 0.2) is 73.1 Å². The van der Waals surface area contributed by atoms with Gasteiger partial charge in [-0.3, -0.25) is 4.40 Å². The molecule has 0 aliphatic heterocycles. The summed E-state index contributed by atoms with van der Waals surface area (Å²) in [6.45, 7) is 0. The summed E-state index contributed by atoms with van der Waals surface area (Å²) in [7, 11) is 0. The lowest BCUT2D eigenvalue weighted by molar-refractivity contribution is 0.624. The Labute approximate surface area is 138 Å². The van der Waals surface area contributed by atoms with Crippen LogP contribution >= 0.6 is 0 Å². The average molecular weight is 313 g/mol. The van der Waals surface area contributed by atoms with Gasteiger partial charge in [0.05, 0.1) is 17.5 Å². The molecule has 0 radical (unpaired) electrons. The van der Waals surface area contributed by atoms with Gasteiger partial charge < -0.3 is 0 Å². The lowest BCUT2D eigenvalue weighted by Crippen LogP contribution is -1.91. The molecule has 4 heteroatoms. The van der Waals surface area contributed by atoms with Crippen molar-refractivity contribution in [2.24, 2.45) is 0 Å². The van der Waals surface area contributed by atoms with Crippen LogP contribution in [0.5, 0.6) is 0 Å². The number of nitrogens with zero attached hydrogens (tertiary/aromatic N) is 3. The maximum Gasteiger partial charge on any atom is 0.140 e. The van der Waals surface area contributed by atoms with E-state index in [-0.39, 0.29) is 5.56 Å². The van der Waals surface area contributed by atoms with Crippen LogP contribution in [-0.4, -0.2) is 9.38 Å².